The molecule has 0 aromatic heterocycles. The molecule has 0 amide bonds. The van der Waals surface area contributed by atoms with Crippen LogP contribution in [0.25, 0.3) is 0 Å². The quantitative estimate of drug-likeness (QED) is 0.906. The minimum absolute atomic E-state index is 0.0818. The Bertz CT molecular complexity index is 838. The van der Waals surface area contributed by atoms with Gasteiger partial charge in [-0.1, -0.05) is 0 Å². The van der Waals surface area contributed by atoms with Gasteiger partial charge in [0.15, 0.2) is 0 Å². The van der Waals surface area contributed by atoms with Crippen LogP contribution in [0.1, 0.15) is 5.56 Å². The Hall–Kier alpha value is -2.35. The molecule has 0 spiro atoms. The minimum Gasteiger partial charge on any atom is -0.496 e. The molecule has 0 aliphatic rings. The van der Waals surface area contributed by atoms with Gasteiger partial charge in [0.2, 0.25) is 0 Å². The van der Waals surface area contributed by atoms with E-state index in [9.17, 15) is 17.2 Å². The van der Waals surface area contributed by atoms with Crippen LogP contribution in [0.5, 0.6) is 11.5 Å². The molecular formula is C15H15F2NO4S. The summed E-state index contributed by atoms with van der Waals surface area (Å²) in [6.07, 6.45) is 0. The summed E-state index contributed by atoms with van der Waals surface area (Å²) >= 11 is 0. The number of nitrogens with one attached hydrogen (secondary N) is 1. The van der Waals surface area contributed by atoms with Crippen molar-refractivity contribution in [3.63, 3.8) is 0 Å². The SMILES string of the molecule is COc1cc(S(=O)(=O)Nc2ccc(F)cc2F)c(OC)cc1C. The Morgan fingerprint density at radius 1 is 1.00 bits per heavy atom. The maximum absolute atomic E-state index is 13.7. The topological polar surface area (TPSA) is 64.6 Å². The van der Waals surface area contributed by atoms with Gasteiger partial charge in [0.1, 0.15) is 28.0 Å². The summed E-state index contributed by atoms with van der Waals surface area (Å²) in [6, 6.07) is 5.31. The molecule has 0 radical (unpaired) electrons. The van der Waals surface area contributed by atoms with Crippen LogP contribution in [0.3, 0.4) is 0 Å². The Labute approximate surface area is 132 Å². The Kier molecular flexibility index (Phi) is 4.74. The maximum Gasteiger partial charge on any atom is 0.265 e. The number of methoxy groups -OCH3 is 2. The van der Waals surface area contributed by atoms with Gasteiger partial charge in [0, 0.05) is 12.1 Å². The highest BCUT2D eigenvalue weighted by Crippen LogP contribution is 2.33. The molecule has 0 heterocycles. The molecule has 0 atom stereocenters. The first-order valence-corrected chi connectivity index (χ1v) is 7.97. The van der Waals surface area contributed by atoms with Crippen LogP contribution in [-0.4, -0.2) is 22.6 Å². The molecule has 0 unspecified atom stereocenters. The average molecular weight is 343 g/mol. The summed E-state index contributed by atoms with van der Waals surface area (Å²) in [7, 11) is -1.44. The second-order valence-corrected chi connectivity index (χ2v) is 6.35. The smallest absolute Gasteiger partial charge is 0.265 e. The predicted octanol–water partition coefficient (Wildman–Crippen LogP) is 3.09. The van der Waals surface area contributed by atoms with Crippen LogP contribution < -0.4 is 14.2 Å². The largest absolute Gasteiger partial charge is 0.496 e. The van der Waals surface area contributed by atoms with E-state index in [1.54, 1.807) is 6.92 Å². The lowest BCUT2D eigenvalue weighted by atomic mass is 10.2. The third kappa shape index (κ3) is 3.53. The van der Waals surface area contributed by atoms with Crippen molar-refractivity contribution in [2.45, 2.75) is 11.8 Å². The fourth-order valence-electron chi connectivity index (χ4n) is 2.00. The minimum atomic E-state index is -4.16. The zero-order chi connectivity index (χ0) is 17.2. The molecule has 0 aliphatic carbocycles. The van der Waals surface area contributed by atoms with Crippen molar-refractivity contribution in [3.05, 3.63) is 47.5 Å². The Balaban J connectivity index is 2.50. The fourth-order valence-corrected chi connectivity index (χ4v) is 3.24. The molecule has 2 rings (SSSR count). The zero-order valence-corrected chi connectivity index (χ0v) is 13.5. The van der Waals surface area contributed by atoms with E-state index in [-0.39, 0.29) is 16.3 Å². The van der Waals surface area contributed by atoms with Gasteiger partial charge in [-0.15, -0.1) is 0 Å². The summed E-state index contributed by atoms with van der Waals surface area (Å²) in [5.41, 5.74) is 0.309. The highest BCUT2D eigenvalue weighted by Gasteiger charge is 2.23. The van der Waals surface area contributed by atoms with E-state index >= 15 is 0 Å². The number of sulfonamides is 1. The summed E-state index contributed by atoms with van der Waals surface area (Å²) < 4.78 is 63.8. The van der Waals surface area contributed by atoms with Crippen molar-refractivity contribution in [1.82, 2.24) is 0 Å². The molecule has 23 heavy (non-hydrogen) atoms. The van der Waals surface area contributed by atoms with Gasteiger partial charge in [-0.25, -0.2) is 17.2 Å². The van der Waals surface area contributed by atoms with Gasteiger partial charge in [-0.3, -0.25) is 4.72 Å². The molecule has 0 aliphatic heterocycles. The van der Waals surface area contributed by atoms with E-state index in [0.717, 1.165) is 12.1 Å². The van der Waals surface area contributed by atoms with Crippen LogP contribution in [0.2, 0.25) is 0 Å². The maximum atomic E-state index is 13.7. The number of rotatable bonds is 5. The average Bonchev–Trinajstić information content (AvgIpc) is 2.49. The lowest BCUT2D eigenvalue weighted by Gasteiger charge is -2.15. The van der Waals surface area contributed by atoms with Crippen LogP contribution in [-0.2, 0) is 10.0 Å². The van der Waals surface area contributed by atoms with E-state index in [4.69, 9.17) is 9.47 Å². The first-order chi connectivity index (χ1) is 10.8. The van der Waals surface area contributed by atoms with Gasteiger partial charge in [-0.05, 0) is 30.7 Å². The van der Waals surface area contributed by atoms with E-state index in [0.29, 0.717) is 17.4 Å². The van der Waals surface area contributed by atoms with Crippen LogP contribution in [0.4, 0.5) is 14.5 Å². The lowest BCUT2D eigenvalue weighted by Crippen LogP contribution is -2.15. The first kappa shape index (κ1) is 17.0. The van der Waals surface area contributed by atoms with Gasteiger partial charge in [0.05, 0.1) is 19.9 Å². The molecule has 2 aromatic rings. The highest BCUT2D eigenvalue weighted by atomic mass is 32.2. The molecule has 8 heteroatoms. The van der Waals surface area contributed by atoms with Crippen molar-refractivity contribution >= 4 is 15.7 Å². The van der Waals surface area contributed by atoms with Crippen molar-refractivity contribution in [2.75, 3.05) is 18.9 Å². The second kappa shape index (κ2) is 6.41. The fraction of sp³-hybridized carbons (Fsp3) is 0.200. The zero-order valence-electron chi connectivity index (χ0n) is 12.7. The van der Waals surface area contributed by atoms with Crippen LogP contribution in [0.15, 0.2) is 35.2 Å². The second-order valence-electron chi connectivity index (χ2n) is 4.70. The highest BCUT2D eigenvalue weighted by molar-refractivity contribution is 7.92. The summed E-state index contributed by atoms with van der Waals surface area (Å²) in [5, 5.41) is 0. The molecule has 124 valence electrons. The predicted molar refractivity (Wildman–Crippen MR) is 81.4 cm³/mol. The Morgan fingerprint density at radius 3 is 2.22 bits per heavy atom. The molecule has 0 saturated heterocycles. The molecule has 2 aromatic carbocycles. The van der Waals surface area contributed by atoms with E-state index in [1.807, 2.05) is 0 Å². The number of ether oxygens (including phenoxy) is 2. The van der Waals surface area contributed by atoms with E-state index < -0.39 is 21.7 Å². The third-order valence-electron chi connectivity index (χ3n) is 3.15. The number of anilines is 1. The standard InChI is InChI=1S/C15H15F2NO4S/c1-9-6-14(22-3)15(8-13(9)21-2)23(19,20)18-12-5-4-10(16)7-11(12)17/h4-8,18H,1-3H3. The van der Waals surface area contributed by atoms with E-state index in [2.05, 4.69) is 4.72 Å². The van der Waals surface area contributed by atoms with Gasteiger partial charge >= 0.3 is 0 Å². The van der Waals surface area contributed by atoms with Crippen molar-refractivity contribution in [2.24, 2.45) is 0 Å². The molecule has 5 nitrogen and oxygen atoms in total. The van der Waals surface area contributed by atoms with Gasteiger partial charge in [-0.2, -0.15) is 0 Å². The number of benzene rings is 2. The number of aryl methyl sites for hydroxylation is 1. The number of hydrogen-bond acceptors (Lipinski definition) is 4. The monoisotopic (exact) mass is 343 g/mol. The summed E-state index contributed by atoms with van der Waals surface area (Å²) in [6.45, 7) is 1.73. The van der Waals surface area contributed by atoms with Gasteiger partial charge < -0.3 is 9.47 Å². The number of halogens is 2. The third-order valence-corrected chi connectivity index (χ3v) is 4.53. The van der Waals surface area contributed by atoms with Crippen molar-refractivity contribution < 1.29 is 26.7 Å². The normalized spacial score (nSPS) is 11.2. The molecular weight excluding hydrogens is 328 g/mol. The van der Waals surface area contributed by atoms with Crippen LogP contribution in [0, 0.1) is 18.6 Å². The summed E-state index contributed by atoms with van der Waals surface area (Å²) in [5.74, 6) is -1.41. The molecule has 0 fully saturated rings. The number of hydrogen-bond donors (Lipinski definition) is 1. The van der Waals surface area contributed by atoms with Crippen molar-refractivity contribution in [3.8, 4) is 11.5 Å². The molecule has 0 bridgehead atoms. The first-order valence-electron chi connectivity index (χ1n) is 6.49. The lowest BCUT2D eigenvalue weighted by molar-refractivity contribution is 0.390. The Morgan fingerprint density at radius 2 is 1.65 bits per heavy atom. The van der Waals surface area contributed by atoms with Gasteiger partial charge in [0.25, 0.3) is 10.0 Å². The van der Waals surface area contributed by atoms with E-state index in [1.165, 1.54) is 26.4 Å². The van der Waals surface area contributed by atoms with Crippen LogP contribution >= 0.6 is 0 Å². The molecule has 1 N–H and O–H groups in total. The molecule has 0 saturated carbocycles. The summed E-state index contributed by atoms with van der Waals surface area (Å²) in [4.78, 5) is -0.217. The van der Waals surface area contributed by atoms with Crippen molar-refractivity contribution in [1.29, 1.82) is 0 Å².